The van der Waals surface area contributed by atoms with Crippen LogP contribution < -0.4 is 5.32 Å². The average molecular weight is 238 g/mol. The number of hydrogen-bond donors (Lipinski definition) is 2. The molecule has 0 spiro atoms. The van der Waals surface area contributed by atoms with Crippen LogP contribution in [-0.2, 0) is 6.54 Å². The van der Waals surface area contributed by atoms with E-state index in [0.29, 0.717) is 12.6 Å². The molecule has 2 rings (SSSR count). The summed E-state index contributed by atoms with van der Waals surface area (Å²) in [5.41, 5.74) is 1.02. The van der Waals surface area contributed by atoms with E-state index in [-0.39, 0.29) is 12.4 Å². The third-order valence-electron chi connectivity index (χ3n) is 3.11. The summed E-state index contributed by atoms with van der Waals surface area (Å²) in [6, 6.07) is 7.23. The van der Waals surface area contributed by atoms with Gasteiger partial charge in [-0.3, -0.25) is 4.90 Å². The van der Waals surface area contributed by atoms with Gasteiger partial charge >= 0.3 is 0 Å². The summed E-state index contributed by atoms with van der Waals surface area (Å²) in [6.45, 7) is 3.63. The van der Waals surface area contributed by atoms with Gasteiger partial charge in [0.2, 0.25) is 0 Å². The van der Waals surface area contributed by atoms with Crippen LogP contribution in [0, 0.1) is 5.82 Å². The fourth-order valence-corrected chi connectivity index (χ4v) is 2.31. The van der Waals surface area contributed by atoms with Gasteiger partial charge in [-0.2, -0.15) is 0 Å². The number of halogens is 1. The van der Waals surface area contributed by atoms with E-state index in [0.717, 1.165) is 31.6 Å². The quantitative estimate of drug-likeness (QED) is 0.803. The summed E-state index contributed by atoms with van der Waals surface area (Å²) < 4.78 is 13.0. The molecule has 4 heteroatoms. The number of benzene rings is 1. The lowest BCUT2D eigenvalue weighted by Gasteiger charge is -2.16. The predicted molar refractivity (Wildman–Crippen MR) is 65.2 cm³/mol. The van der Waals surface area contributed by atoms with E-state index in [1.807, 2.05) is 6.07 Å². The molecule has 1 aliphatic rings. The van der Waals surface area contributed by atoms with Crippen molar-refractivity contribution in [3.8, 4) is 0 Å². The fraction of sp³-hybridized carbons (Fsp3) is 0.538. The molecular formula is C13H19FN2O. The topological polar surface area (TPSA) is 35.5 Å². The van der Waals surface area contributed by atoms with Crippen LogP contribution in [0.2, 0.25) is 0 Å². The van der Waals surface area contributed by atoms with Gasteiger partial charge in [-0.25, -0.2) is 4.39 Å². The number of nitrogens with zero attached hydrogens (tertiary/aromatic N) is 1. The number of aliphatic hydroxyl groups is 1. The molecule has 0 saturated carbocycles. The minimum Gasteiger partial charge on any atom is -0.395 e. The van der Waals surface area contributed by atoms with Crippen molar-refractivity contribution in [1.29, 1.82) is 0 Å². The number of likely N-dealkylation sites (tertiary alicyclic amines) is 1. The van der Waals surface area contributed by atoms with Crippen LogP contribution in [0.1, 0.15) is 12.0 Å². The molecule has 0 aliphatic carbocycles. The SMILES string of the molecule is OCCNC1CCN(Cc2cccc(F)c2)C1. The largest absolute Gasteiger partial charge is 0.395 e. The van der Waals surface area contributed by atoms with Gasteiger partial charge < -0.3 is 10.4 Å². The van der Waals surface area contributed by atoms with E-state index in [2.05, 4.69) is 10.2 Å². The molecule has 0 bridgehead atoms. The summed E-state index contributed by atoms with van der Waals surface area (Å²) in [6.07, 6.45) is 1.09. The van der Waals surface area contributed by atoms with Crippen molar-refractivity contribution in [2.75, 3.05) is 26.2 Å². The molecule has 0 radical (unpaired) electrons. The molecule has 3 nitrogen and oxygen atoms in total. The molecular weight excluding hydrogens is 219 g/mol. The maximum atomic E-state index is 13.0. The predicted octanol–water partition coefficient (Wildman–Crippen LogP) is 0.982. The maximum absolute atomic E-state index is 13.0. The Morgan fingerprint density at radius 1 is 1.47 bits per heavy atom. The molecule has 1 fully saturated rings. The van der Waals surface area contributed by atoms with Crippen molar-refractivity contribution in [3.63, 3.8) is 0 Å². The third-order valence-corrected chi connectivity index (χ3v) is 3.11. The van der Waals surface area contributed by atoms with Gasteiger partial charge in [-0.15, -0.1) is 0 Å². The first-order valence-corrected chi connectivity index (χ1v) is 6.09. The van der Waals surface area contributed by atoms with Crippen LogP contribution in [0.25, 0.3) is 0 Å². The van der Waals surface area contributed by atoms with Crippen LogP contribution in [0.4, 0.5) is 4.39 Å². The molecule has 1 atom stereocenters. The highest BCUT2D eigenvalue weighted by Gasteiger charge is 2.21. The second-order valence-electron chi connectivity index (χ2n) is 4.53. The first-order valence-electron chi connectivity index (χ1n) is 6.09. The average Bonchev–Trinajstić information content (AvgIpc) is 2.74. The molecule has 1 aromatic carbocycles. The minimum atomic E-state index is -0.170. The summed E-state index contributed by atoms with van der Waals surface area (Å²) in [4.78, 5) is 2.31. The van der Waals surface area contributed by atoms with Gasteiger partial charge in [0.05, 0.1) is 6.61 Å². The van der Waals surface area contributed by atoms with Crippen LogP contribution in [0.3, 0.4) is 0 Å². The van der Waals surface area contributed by atoms with Gasteiger partial charge in [0.15, 0.2) is 0 Å². The molecule has 1 heterocycles. The van der Waals surface area contributed by atoms with Crippen molar-refractivity contribution in [2.24, 2.45) is 0 Å². The molecule has 1 aliphatic heterocycles. The number of aliphatic hydroxyl groups excluding tert-OH is 1. The van der Waals surface area contributed by atoms with Crippen molar-refractivity contribution >= 4 is 0 Å². The first-order chi connectivity index (χ1) is 8.28. The Balaban J connectivity index is 1.81. The van der Waals surface area contributed by atoms with E-state index >= 15 is 0 Å². The van der Waals surface area contributed by atoms with Crippen molar-refractivity contribution in [1.82, 2.24) is 10.2 Å². The van der Waals surface area contributed by atoms with Gasteiger partial charge in [-0.1, -0.05) is 12.1 Å². The van der Waals surface area contributed by atoms with E-state index < -0.39 is 0 Å². The molecule has 17 heavy (non-hydrogen) atoms. The normalized spacial score (nSPS) is 20.9. The highest BCUT2D eigenvalue weighted by atomic mass is 19.1. The lowest BCUT2D eigenvalue weighted by molar-refractivity contribution is 0.278. The first kappa shape index (κ1) is 12.5. The Kier molecular flexibility index (Phi) is 4.48. The molecule has 1 unspecified atom stereocenters. The van der Waals surface area contributed by atoms with Gasteiger partial charge in [-0.05, 0) is 24.1 Å². The van der Waals surface area contributed by atoms with Gasteiger partial charge in [0.25, 0.3) is 0 Å². The molecule has 2 N–H and O–H groups in total. The zero-order valence-corrected chi connectivity index (χ0v) is 9.90. The van der Waals surface area contributed by atoms with E-state index in [4.69, 9.17) is 5.11 Å². The monoisotopic (exact) mass is 238 g/mol. The smallest absolute Gasteiger partial charge is 0.123 e. The van der Waals surface area contributed by atoms with Crippen LogP contribution in [-0.4, -0.2) is 42.3 Å². The zero-order chi connectivity index (χ0) is 12.1. The Bertz CT molecular complexity index is 359. The Morgan fingerprint density at radius 2 is 2.35 bits per heavy atom. The number of hydrogen-bond acceptors (Lipinski definition) is 3. The second-order valence-corrected chi connectivity index (χ2v) is 4.53. The van der Waals surface area contributed by atoms with Crippen LogP contribution >= 0.6 is 0 Å². The van der Waals surface area contributed by atoms with Crippen molar-refractivity contribution in [2.45, 2.75) is 19.0 Å². The fourth-order valence-electron chi connectivity index (χ4n) is 2.31. The third kappa shape index (κ3) is 3.77. The summed E-state index contributed by atoms with van der Waals surface area (Å²) in [7, 11) is 0. The van der Waals surface area contributed by atoms with Crippen molar-refractivity contribution < 1.29 is 9.50 Å². The molecule has 1 aromatic rings. The standard InChI is InChI=1S/C13H19FN2O/c14-12-3-1-2-11(8-12)9-16-6-4-13(10-16)15-5-7-17/h1-3,8,13,15,17H,4-7,9-10H2. The van der Waals surface area contributed by atoms with Gasteiger partial charge in [0.1, 0.15) is 5.82 Å². The Hall–Kier alpha value is -0.970. The highest BCUT2D eigenvalue weighted by Crippen LogP contribution is 2.14. The second kappa shape index (κ2) is 6.10. The number of rotatable bonds is 5. The summed E-state index contributed by atoms with van der Waals surface area (Å²) >= 11 is 0. The van der Waals surface area contributed by atoms with Crippen molar-refractivity contribution in [3.05, 3.63) is 35.6 Å². The molecule has 1 saturated heterocycles. The molecule has 0 aromatic heterocycles. The minimum absolute atomic E-state index is 0.170. The van der Waals surface area contributed by atoms with Gasteiger partial charge in [0, 0.05) is 32.2 Å². The Labute approximate surface area is 101 Å². The van der Waals surface area contributed by atoms with Crippen LogP contribution in [0.5, 0.6) is 0 Å². The molecule has 94 valence electrons. The zero-order valence-electron chi connectivity index (χ0n) is 9.90. The number of nitrogens with one attached hydrogen (secondary N) is 1. The van der Waals surface area contributed by atoms with E-state index in [9.17, 15) is 4.39 Å². The Morgan fingerprint density at radius 3 is 3.12 bits per heavy atom. The van der Waals surface area contributed by atoms with Crippen LogP contribution in [0.15, 0.2) is 24.3 Å². The van der Waals surface area contributed by atoms with E-state index in [1.54, 1.807) is 12.1 Å². The lowest BCUT2D eigenvalue weighted by atomic mass is 10.2. The maximum Gasteiger partial charge on any atom is 0.123 e. The molecule has 0 amide bonds. The lowest BCUT2D eigenvalue weighted by Crippen LogP contribution is -2.34. The summed E-state index contributed by atoms with van der Waals surface area (Å²) in [5, 5.41) is 12.0. The summed E-state index contributed by atoms with van der Waals surface area (Å²) in [5.74, 6) is -0.170. The van der Waals surface area contributed by atoms with E-state index in [1.165, 1.54) is 6.07 Å². The highest BCUT2D eigenvalue weighted by molar-refractivity contribution is 5.16.